The first-order chi connectivity index (χ1) is 17.6. The minimum atomic E-state index is 0.0218. The Hall–Kier alpha value is -2.47. The molecule has 5 nitrogen and oxygen atoms in total. The molecule has 1 unspecified atom stereocenters. The summed E-state index contributed by atoms with van der Waals surface area (Å²) >= 11 is 1.88. The number of para-hydroxylation sites is 1. The average molecular weight is 502 g/mol. The lowest BCUT2D eigenvalue weighted by Crippen LogP contribution is -2.53. The van der Waals surface area contributed by atoms with Crippen LogP contribution in [-0.2, 0) is 4.79 Å². The Morgan fingerprint density at radius 1 is 0.944 bits per heavy atom. The van der Waals surface area contributed by atoms with Crippen molar-refractivity contribution in [3.63, 3.8) is 0 Å². The van der Waals surface area contributed by atoms with E-state index in [1.54, 1.807) is 6.92 Å². The van der Waals surface area contributed by atoms with Crippen LogP contribution in [0.5, 0.6) is 11.5 Å². The predicted molar refractivity (Wildman–Crippen MR) is 146 cm³/mol. The Kier molecular flexibility index (Phi) is 5.57. The first-order valence-corrected chi connectivity index (χ1v) is 14.7. The van der Waals surface area contributed by atoms with E-state index in [1.807, 2.05) is 71.3 Å². The molecule has 0 N–H and O–H groups in total. The van der Waals surface area contributed by atoms with Gasteiger partial charge in [0.1, 0.15) is 17.7 Å². The van der Waals surface area contributed by atoms with Gasteiger partial charge in [-0.1, -0.05) is 30.0 Å². The summed E-state index contributed by atoms with van der Waals surface area (Å²) in [5.41, 5.74) is 1.09. The summed E-state index contributed by atoms with van der Waals surface area (Å²) in [4.78, 5) is 23.1. The molecule has 36 heavy (non-hydrogen) atoms. The van der Waals surface area contributed by atoms with Gasteiger partial charge in [0.25, 0.3) is 0 Å². The van der Waals surface area contributed by atoms with Crippen LogP contribution in [0.4, 0.5) is 5.69 Å². The fourth-order valence-electron chi connectivity index (χ4n) is 7.74. The van der Waals surface area contributed by atoms with Crippen molar-refractivity contribution in [3.05, 3.63) is 54.6 Å². The van der Waals surface area contributed by atoms with Crippen molar-refractivity contribution in [3.8, 4) is 11.5 Å². The second-order valence-electron chi connectivity index (χ2n) is 11.8. The third-order valence-corrected chi connectivity index (χ3v) is 9.94. The van der Waals surface area contributed by atoms with Gasteiger partial charge in [0.15, 0.2) is 5.17 Å². The van der Waals surface area contributed by atoms with E-state index in [0.29, 0.717) is 6.04 Å². The second kappa shape index (κ2) is 8.83. The summed E-state index contributed by atoms with van der Waals surface area (Å²) in [5, 5.41) is 1.21. The van der Waals surface area contributed by atoms with E-state index < -0.39 is 0 Å². The van der Waals surface area contributed by atoms with E-state index in [4.69, 9.17) is 9.73 Å². The standard InChI is InChI=1S/C30H35N3O2S/c1-20(34)32(24-9-11-27(12-10-24)35-26-5-3-2-4-6-26)28-19-36-29(33(28)25-7-8-25)31-30-16-21-13-22(17-30)15-23(14-21)18-30/h2-6,9-12,21-23,25,28H,7-8,13-19H2,1H3. The number of amides is 1. The van der Waals surface area contributed by atoms with Gasteiger partial charge in [0, 0.05) is 24.4 Å². The summed E-state index contributed by atoms with van der Waals surface area (Å²) in [6.07, 6.45) is 10.6. The van der Waals surface area contributed by atoms with Gasteiger partial charge in [-0.2, -0.15) is 0 Å². The fraction of sp³-hybridized carbons (Fsp3) is 0.533. The lowest BCUT2D eigenvalue weighted by molar-refractivity contribution is -0.117. The molecule has 6 fully saturated rings. The average Bonchev–Trinajstić information content (AvgIpc) is 3.61. The van der Waals surface area contributed by atoms with E-state index in [2.05, 4.69) is 4.90 Å². The van der Waals surface area contributed by atoms with Crippen LogP contribution < -0.4 is 9.64 Å². The number of nitrogens with zero attached hydrogens (tertiary/aromatic N) is 3. The van der Waals surface area contributed by atoms with Crippen LogP contribution in [-0.4, -0.2) is 39.5 Å². The Morgan fingerprint density at radius 2 is 1.56 bits per heavy atom. The van der Waals surface area contributed by atoms with E-state index in [9.17, 15) is 4.79 Å². The van der Waals surface area contributed by atoms with Crippen molar-refractivity contribution in [2.75, 3.05) is 10.7 Å². The predicted octanol–water partition coefficient (Wildman–Crippen LogP) is 6.69. The van der Waals surface area contributed by atoms with E-state index >= 15 is 0 Å². The summed E-state index contributed by atoms with van der Waals surface area (Å²) in [5.74, 6) is 5.22. The first-order valence-electron chi connectivity index (χ1n) is 13.7. The molecule has 6 aliphatic rings. The summed E-state index contributed by atoms with van der Waals surface area (Å²) in [7, 11) is 0. The molecule has 5 aliphatic carbocycles. The van der Waals surface area contributed by atoms with Gasteiger partial charge in [-0.3, -0.25) is 14.7 Å². The highest BCUT2D eigenvalue weighted by molar-refractivity contribution is 8.14. The van der Waals surface area contributed by atoms with Crippen molar-refractivity contribution in [1.29, 1.82) is 0 Å². The fourth-order valence-corrected chi connectivity index (χ4v) is 9.03. The van der Waals surface area contributed by atoms with Gasteiger partial charge < -0.3 is 9.64 Å². The summed E-state index contributed by atoms with van der Waals surface area (Å²) in [6.45, 7) is 1.69. The quantitative estimate of drug-likeness (QED) is 0.442. The first kappa shape index (κ1) is 22.7. The van der Waals surface area contributed by atoms with Crippen LogP contribution in [0.1, 0.15) is 58.3 Å². The van der Waals surface area contributed by atoms with Crippen molar-refractivity contribution >= 4 is 28.5 Å². The molecular weight excluding hydrogens is 466 g/mol. The number of amidine groups is 1. The van der Waals surface area contributed by atoms with Gasteiger partial charge in [-0.25, -0.2) is 0 Å². The number of benzene rings is 2. The van der Waals surface area contributed by atoms with E-state index in [-0.39, 0.29) is 17.6 Å². The van der Waals surface area contributed by atoms with Crippen LogP contribution in [0.3, 0.4) is 0 Å². The lowest BCUT2D eigenvalue weighted by atomic mass is 9.53. The van der Waals surface area contributed by atoms with Crippen LogP contribution in [0.2, 0.25) is 0 Å². The van der Waals surface area contributed by atoms with Gasteiger partial charge in [-0.15, -0.1) is 0 Å². The van der Waals surface area contributed by atoms with E-state index in [0.717, 1.165) is 40.7 Å². The number of carbonyl (C=O) groups is 1. The second-order valence-corrected chi connectivity index (χ2v) is 12.8. The minimum Gasteiger partial charge on any atom is -0.457 e. The zero-order valence-corrected chi connectivity index (χ0v) is 21.8. The third-order valence-electron chi connectivity index (χ3n) is 8.91. The molecule has 5 saturated carbocycles. The molecule has 1 saturated heterocycles. The number of ether oxygens (including phenoxy) is 1. The van der Waals surface area contributed by atoms with Crippen LogP contribution in [0.15, 0.2) is 59.6 Å². The number of rotatable bonds is 6. The van der Waals surface area contributed by atoms with Gasteiger partial charge >= 0.3 is 0 Å². The molecule has 1 heterocycles. The van der Waals surface area contributed by atoms with Crippen molar-refractivity contribution < 1.29 is 9.53 Å². The zero-order valence-electron chi connectivity index (χ0n) is 21.0. The van der Waals surface area contributed by atoms with Crippen molar-refractivity contribution in [2.45, 2.75) is 76.0 Å². The molecule has 1 amide bonds. The Morgan fingerprint density at radius 3 is 2.14 bits per heavy atom. The number of hydrogen-bond donors (Lipinski definition) is 0. The maximum atomic E-state index is 13.0. The van der Waals surface area contributed by atoms with E-state index in [1.165, 1.54) is 56.5 Å². The highest BCUT2D eigenvalue weighted by Crippen LogP contribution is 2.58. The summed E-state index contributed by atoms with van der Waals surface area (Å²) in [6, 6.07) is 18.3. The Bertz CT molecular complexity index is 1130. The monoisotopic (exact) mass is 501 g/mol. The summed E-state index contributed by atoms with van der Waals surface area (Å²) < 4.78 is 5.98. The van der Waals surface area contributed by atoms with Crippen LogP contribution in [0, 0.1) is 17.8 Å². The maximum Gasteiger partial charge on any atom is 0.225 e. The molecule has 0 radical (unpaired) electrons. The smallest absolute Gasteiger partial charge is 0.225 e. The molecule has 2 aromatic rings. The number of carbonyl (C=O) groups excluding carboxylic acids is 1. The van der Waals surface area contributed by atoms with Crippen molar-refractivity contribution in [2.24, 2.45) is 22.7 Å². The third kappa shape index (κ3) is 4.21. The molecular formula is C30H35N3O2S. The molecule has 4 bridgehead atoms. The topological polar surface area (TPSA) is 45.1 Å². The highest BCUT2D eigenvalue weighted by Gasteiger charge is 2.53. The SMILES string of the molecule is CC(=O)N(c1ccc(Oc2ccccc2)cc1)C1CSC(=NC23CC4CC(CC(C4)C2)C3)N1C1CC1. The number of aliphatic imine (C=N–C) groups is 1. The number of thioether (sulfide) groups is 1. The minimum absolute atomic E-state index is 0.0218. The van der Waals surface area contributed by atoms with Gasteiger partial charge in [0.2, 0.25) is 5.91 Å². The zero-order chi connectivity index (χ0) is 24.3. The molecule has 0 spiro atoms. The van der Waals surface area contributed by atoms with Gasteiger partial charge in [0.05, 0.1) is 5.54 Å². The Balaban J connectivity index is 1.15. The van der Waals surface area contributed by atoms with Crippen LogP contribution >= 0.6 is 11.8 Å². The Labute approximate surface area is 218 Å². The largest absolute Gasteiger partial charge is 0.457 e. The molecule has 8 rings (SSSR count). The highest BCUT2D eigenvalue weighted by atomic mass is 32.2. The molecule has 2 aromatic carbocycles. The molecule has 1 aliphatic heterocycles. The molecule has 1 atom stereocenters. The number of hydrogen-bond acceptors (Lipinski definition) is 4. The maximum absolute atomic E-state index is 13.0. The number of anilines is 1. The normalized spacial score (nSPS) is 33.8. The van der Waals surface area contributed by atoms with Crippen LogP contribution in [0.25, 0.3) is 0 Å². The molecule has 0 aromatic heterocycles. The van der Waals surface area contributed by atoms with Gasteiger partial charge in [-0.05, 0) is 106 Å². The molecule has 6 heteroatoms. The van der Waals surface area contributed by atoms with Crippen molar-refractivity contribution in [1.82, 2.24) is 4.90 Å². The molecule has 188 valence electrons. The lowest BCUT2D eigenvalue weighted by Gasteiger charge is -2.55.